The molecule has 3 nitrogen and oxygen atoms in total. The molecule has 0 amide bonds. The van der Waals surface area contributed by atoms with Gasteiger partial charge in [-0.1, -0.05) is 60.7 Å². The average molecular weight is 341 g/mol. The molecule has 0 spiro atoms. The summed E-state index contributed by atoms with van der Waals surface area (Å²) in [4.78, 5) is 0. The molecule has 0 atom stereocenters. The highest BCUT2D eigenvalue weighted by atomic mass is 16.5. The van der Waals surface area contributed by atoms with Gasteiger partial charge < -0.3 is 4.74 Å². The first-order valence-electron chi connectivity index (χ1n) is 8.80. The van der Waals surface area contributed by atoms with E-state index in [2.05, 4.69) is 36.3 Å². The van der Waals surface area contributed by atoms with Crippen LogP contribution in [0.4, 0.5) is 0 Å². The first-order valence-corrected chi connectivity index (χ1v) is 8.80. The second-order valence-electron chi connectivity index (χ2n) is 6.30. The average Bonchev–Trinajstić information content (AvgIpc) is 3.02. The van der Waals surface area contributed by atoms with Gasteiger partial charge in [0, 0.05) is 17.3 Å². The van der Waals surface area contributed by atoms with E-state index >= 15 is 0 Å². The lowest BCUT2D eigenvalue weighted by molar-refractivity contribution is 0.307. The molecule has 0 aliphatic rings. The van der Waals surface area contributed by atoms with E-state index in [1.807, 2.05) is 60.1 Å². The Balaban J connectivity index is 1.86. The van der Waals surface area contributed by atoms with E-state index in [9.17, 15) is 0 Å². The van der Waals surface area contributed by atoms with Crippen LogP contribution in [0.5, 0.6) is 5.75 Å². The summed E-state index contributed by atoms with van der Waals surface area (Å²) in [5, 5.41) is 4.65. The second kappa shape index (κ2) is 7.04. The van der Waals surface area contributed by atoms with Crippen LogP contribution in [-0.4, -0.2) is 9.61 Å². The van der Waals surface area contributed by atoms with Crippen molar-refractivity contribution in [1.82, 2.24) is 9.61 Å². The van der Waals surface area contributed by atoms with E-state index in [-0.39, 0.29) is 0 Å². The largest absolute Gasteiger partial charge is 0.488 e. The summed E-state index contributed by atoms with van der Waals surface area (Å²) in [6, 6.07) is 22.6. The molecule has 1 radical (unpaired) electrons. The molecule has 26 heavy (non-hydrogen) atoms. The SMILES string of the molecule is [CH2]Cc1c(C)nn2ccc(OCc3ccccc3)c(-c3ccccc3)c12. The molecule has 0 fully saturated rings. The summed E-state index contributed by atoms with van der Waals surface area (Å²) in [6.45, 7) is 6.67. The molecule has 0 N–H and O–H groups in total. The zero-order chi connectivity index (χ0) is 17.9. The molecule has 0 bridgehead atoms. The number of fused-ring (bicyclic) bond motifs is 1. The molecule has 3 heteroatoms. The van der Waals surface area contributed by atoms with Crippen molar-refractivity contribution in [2.45, 2.75) is 20.0 Å². The number of rotatable bonds is 5. The van der Waals surface area contributed by atoms with Gasteiger partial charge in [-0.25, -0.2) is 4.52 Å². The van der Waals surface area contributed by atoms with Crippen LogP contribution in [0, 0.1) is 13.8 Å². The molecular weight excluding hydrogens is 320 g/mol. The minimum absolute atomic E-state index is 0.531. The molecule has 2 heterocycles. The minimum Gasteiger partial charge on any atom is -0.488 e. The van der Waals surface area contributed by atoms with Gasteiger partial charge in [0.1, 0.15) is 12.4 Å². The zero-order valence-electron chi connectivity index (χ0n) is 14.9. The van der Waals surface area contributed by atoms with Gasteiger partial charge >= 0.3 is 0 Å². The van der Waals surface area contributed by atoms with Crippen LogP contribution in [0.25, 0.3) is 16.6 Å². The topological polar surface area (TPSA) is 26.5 Å². The molecule has 2 aromatic carbocycles. The monoisotopic (exact) mass is 341 g/mol. The highest BCUT2D eigenvalue weighted by molar-refractivity contribution is 5.87. The van der Waals surface area contributed by atoms with E-state index in [4.69, 9.17) is 4.74 Å². The quantitative estimate of drug-likeness (QED) is 0.495. The third-order valence-corrected chi connectivity index (χ3v) is 4.61. The lowest BCUT2D eigenvalue weighted by Gasteiger charge is -2.14. The Hall–Kier alpha value is -3.07. The molecular formula is C23H21N2O. The fraction of sp³-hybridized carbons (Fsp3) is 0.130. The number of benzene rings is 2. The second-order valence-corrected chi connectivity index (χ2v) is 6.30. The smallest absolute Gasteiger partial charge is 0.131 e. The van der Waals surface area contributed by atoms with Crippen LogP contribution in [0.15, 0.2) is 72.9 Å². The van der Waals surface area contributed by atoms with Crippen LogP contribution in [-0.2, 0) is 13.0 Å². The predicted molar refractivity (Wildman–Crippen MR) is 105 cm³/mol. The Kier molecular flexibility index (Phi) is 4.44. The molecule has 2 aromatic heterocycles. The maximum atomic E-state index is 6.23. The summed E-state index contributed by atoms with van der Waals surface area (Å²) >= 11 is 0. The highest BCUT2D eigenvalue weighted by Gasteiger charge is 2.17. The Morgan fingerprint density at radius 2 is 1.65 bits per heavy atom. The maximum Gasteiger partial charge on any atom is 0.131 e. The molecule has 0 unspecified atom stereocenters. The van der Waals surface area contributed by atoms with Crippen molar-refractivity contribution in [3.8, 4) is 16.9 Å². The van der Waals surface area contributed by atoms with Gasteiger partial charge in [-0.3, -0.25) is 0 Å². The summed E-state index contributed by atoms with van der Waals surface area (Å²) in [6.07, 6.45) is 2.66. The van der Waals surface area contributed by atoms with Crippen LogP contribution in [0.1, 0.15) is 16.8 Å². The van der Waals surface area contributed by atoms with Crippen LogP contribution < -0.4 is 4.74 Å². The number of pyridine rings is 1. The minimum atomic E-state index is 0.531. The van der Waals surface area contributed by atoms with Crippen molar-refractivity contribution in [3.05, 3.63) is 96.7 Å². The zero-order valence-corrected chi connectivity index (χ0v) is 14.9. The highest BCUT2D eigenvalue weighted by Crippen LogP contribution is 2.37. The molecule has 129 valence electrons. The maximum absolute atomic E-state index is 6.23. The van der Waals surface area contributed by atoms with Gasteiger partial charge in [0.05, 0.1) is 11.2 Å². The number of aromatic nitrogens is 2. The third-order valence-electron chi connectivity index (χ3n) is 4.61. The summed E-state index contributed by atoms with van der Waals surface area (Å²) < 4.78 is 8.17. The van der Waals surface area contributed by atoms with Crippen molar-refractivity contribution in [3.63, 3.8) is 0 Å². The normalized spacial score (nSPS) is 11.0. The van der Waals surface area contributed by atoms with E-state index in [1.165, 1.54) is 0 Å². The fourth-order valence-corrected chi connectivity index (χ4v) is 3.33. The Morgan fingerprint density at radius 3 is 2.35 bits per heavy atom. The van der Waals surface area contributed by atoms with E-state index < -0.39 is 0 Å². The Labute approximate surface area is 153 Å². The van der Waals surface area contributed by atoms with Crippen molar-refractivity contribution < 1.29 is 4.74 Å². The van der Waals surface area contributed by atoms with Gasteiger partial charge in [0.25, 0.3) is 0 Å². The first kappa shape index (κ1) is 16.4. The fourth-order valence-electron chi connectivity index (χ4n) is 3.33. The molecule has 4 rings (SSSR count). The number of ether oxygens (including phenoxy) is 1. The molecule has 4 aromatic rings. The van der Waals surface area contributed by atoms with Crippen molar-refractivity contribution >= 4 is 5.52 Å². The Morgan fingerprint density at radius 1 is 0.962 bits per heavy atom. The lowest BCUT2D eigenvalue weighted by Crippen LogP contribution is -2.00. The van der Waals surface area contributed by atoms with Gasteiger partial charge in [-0.2, -0.15) is 5.10 Å². The molecule has 0 aliphatic heterocycles. The predicted octanol–water partition coefficient (Wildman–Crippen LogP) is 5.27. The van der Waals surface area contributed by atoms with Gasteiger partial charge in [-0.15, -0.1) is 0 Å². The lowest BCUT2D eigenvalue weighted by atomic mass is 10.0. The first-order chi connectivity index (χ1) is 12.8. The van der Waals surface area contributed by atoms with Crippen LogP contribution >= 0.6 is 0 Å². The van der Waals surface area contributed by atoms with Crippen molar-refractivity contribution in [2.75, 3.05) is 0 Å². The van der Waals surface area contributed by atoms with Gasteiger partial charge in [-0.05, 0) is 37.5 Å². The summed E-state index contributed by atoms with van der Waals surface area (Å²) in [5.74, 6) is 0.863. The molecule has 0 saturated carbocycles. The Bertz CT molecular complexity index is 1020. The number of aryl methyl sites for hydroxylation is 1. The summed E-state index contributed by atoms with van der Waals surface area (Å²) in [5.41, 5.74) is 6.59. The van der Waals surface area contributed by atoms with Crippen molar-refractivity contribution in [1.29, 1.82) is 0 Å². The van der Waals surface area contributed by atoms with E-state index in [1.54, 1.807) is 0 Å². The van der Waals surface area contributed by atoms with Gasteiger partial charge in [0.15, 0.2) is 0 Å². The van der Waals surface area contributed by atoms with E-state index in [0.717, 1.165) is 39.2 Å². The van der Waals surface area contributed by atoms with Gasteiger partial charge in [0.2, 0.25) is 0 Å². The van der Waals surface area contributed by atoms with Crippen LogP contribution in [0.2, 0.25) is 0 Å². The third kappa shape index (κ3) is 2.97. The number of hydrogen-bond acceptors (Lipinski definition) is 2. The standard InChI is InChI=1S/C23H21N2O/c1-3-20-17(2)24-25-15-14-21(26-16-18-10-6-4-7-11-18)22(23(20)25)19-12-8-5-9-13-19/h4-15H,1,3,16H2,2H3. The van der Waals surface area contributed by atoms with E-state index in [0.29, 0.717) is 13.0 Å². The molecule has 0 saturated heterocycles. The number of nitrogens with zero attached hydrogens (tertiary/aromatic N) is 2. The summed E-state index contributed by atoms with van der Waals surface area (Å²) in [7, 11) is 0. The van der Waals surface area contributed by atoms with Crippen LogP contribution in [0.3, 0.4) is 0 Å². The van der Waals surface area contributed by atoms with Crippen molar-refractivity contribution in [2.24, 2.45) is 0 Å². The number of hydrogen-bond donors (Lipinski definition) is 0. The molecule has 0 aliphatic carbocycles.